The van der Waals surface area contributed by atoms with Crippen molar-refractivity contribution in [3.05, 3.63) is 76.6 Å². The molecule has 14 heteroatoms. The van der Waals surface area contributed by atoms with Crippen LogP contribution in [0.15, 0.2) is 48.8 Å². The Bertz CT molecular complexity index is 2000. The zero-order valence-corrected chi connectivity index (χ0v) is 26.6. The smallest absolute Gasteiger partial charge is 0.369 e. The number of anilines is 2. The number of benzene rings is 2. The van der Waals surface area contributed by atoms with Crippen LogP contribution in [0.5, 0.6) is 0 Å². The number of aromatic nitrogens is 2. The normalized spacial score (nSPS) is 19.7. The van der Waals surface area contributed by atoms with Gasteiger partial charge in [-0.25, -0.2) is 0 Å². The van der Waals surface area contributed by atoms with Crippen LogP contribution in [-0.4, -0.2) is 63.3 Å². The van der Waals surface area contributed by atoms with Crippen molar-refractivity contribution in [2.75, 3.05) is 23.3 Å². The van der Waals surface area contributed by atoms with E-state index in [0.717, 1.165) is 35.6 Å². The lowest BCUT2D eigenvalue weighted by Gasteiger charge is -2.38. The van der Waals surface area contributed by atoms with Crippen LogP contribution in [-0.2, 0) is 26.1 Å². The highest BCUT2D eigenvalue weighted by molar-refractivity contribution is 6.23. The zero-order valence-electron chi connectivity index (χ0n) is 26.6. The Morgan fingerprint density at radius 3 is 2.41 bits per heavy atom. The van der Waals surface area contributed by atoms with Crippen molar-refractivity contribution in [3.63, 3.8) is 0 Å². The maximum Gasteiger partial charge on any atom is 0.416 e. The van der Waals surface area contributed by atoms with E-state index in [1.54, 1.807) is 44.4 Å². The molecule has 2 aromatic carbocycles. The van der Waals surface area contributed by atoms with Gasteiger partial charge < -0.3 is 10.2 Å². The molecule has 2 N–H and O–H groups in total. The molecule has 1 unspecified atom stereocenters. The van der Waals surface area contributed by atoms with Crippen molar-refractivity contribution in [1.82, 2.24) is 20.0 Å². The maximum atomic E-state index is 13.3. The highest BCUT2D eigenvalue weighted by atomic mass is 19.4. The summed E-state index contributed by atoms with van der Waals surface area (Å²) in [5.41, 5.74) is 0.681. The van der Waals surface area contributed by atoms with Gasteiger partial charge in [0.2, 0.25) is 11.8 Å². The van der Waals surface area contributed by atoms with Crippen molar-refractivity contribution < 1.29 is 37.1 Å². The summed E-state index contributed by atoms with van der Waals surface area (Å²) in [5.74, 6) is 3.64. The molecule has 49 heavy (non-hydrogen) atoms. The molecule has 11 nitrogen and oxygen atoms in total. The SMILES string of the molecule is CC(C)(C(=O)Nc1ccc(C(F)(F)F)cc1C1CC1)n1cc(C#CC2CN(c3ccc4c(c3)C(=O)N(C3CCC(=O)NC3=O)C4=O)C2)cn1. The number of nitrogens with zero attached hydrogens (tertiary/aromatic N) is 4. The number of carbonyl (C=O) groups excluding carboxylic acids is 5. The van der Waals surface area contributed by atoms with Crippen LogP contribution >= 0.6 is 0 Å². The Labute approximate surface area is 278 Å². The minimum Gasteiger partial charge on any atom is -0.369 e. The topological polar surface area (TPSA) is 134 Å². The molecule has 0 radical (unpaired) electrons. The molecule has 1 saturated carbocycles. The molecule has 3 aromatic rings. The number of nitrogens with one attached hydrogen (secondary N) is 2. The van der Waals surface area contributed by atoms with Gasteiger partial charge in [-0.1, -0.05) is 11.8 Å². The second-order valence-electron chi connectivity index (χ2n) is 13.3. The summed E-state index contributed by atoms with van der Waals surface area (Å²) < 4.78 is 41.4. The first-order valence-corrected chi connectivity index (χ1v) is 15.9. The predicted octanol–water partition coefficient (Wildman–Crippen LogP) is 4.04. The molecule has 1 aromatic heterocycles. The average molecular weight is 673 g/mol. The molecule has 4 aliphatic rings. The van der Waals surface area contributed by atoms with Crippen molar-refractivity contribution >= 4 is 40.9 Å². The lowest BCUT2D eigenvalue weighted by Crippen LogP contribution is -2.54. The number of imide groups is 2. The van der Waals surface area contributed by atoms with Gasteiger partial charge in [0.1, 0.15) is 11.6 Å². The first kappa shape index (κ1) is 32.1. The number of piperidine rings is 1. The fourth-order valence-electron chi connectivity index (χ4n) is 6.28. The molecule has 1 atom stereocenters. The van der Waals surface area contributed by atoms with E-state index in [9.17, 15) is 37.1 Å². The predicted molar refractivity (Wildman–Crippen MR) is 169 cm³/mol. The Hall–Kier alpha value is -5.45. The van der Waals surface area contributed by atoms with Crippen LogP contribution in [0, 0.1) is 17.8 Å². The van der Waals surface area contributed by atoms with Crippen LogP contribution in [0.1, 0.15) is 82.9 Å². The highest BCUT2D eigenvalue weighted by Gasteiger charge is 2.45. The third kappa shape index (κ3) is 5.94. The monoisotopic (exact) mass is 672 g/mol. The average Bonchev–Trinajstić information content (AvgIpc) is 3.70. The van der Waals surface area contributed by atoms with Gasteiger partial charge in [0.25, 0.3) is 17.7 Å². The quantitative estimate of drug-likeness (QED) is 0.298. The fourth-order valence-corrected chi connectivity index (χ4v) is 6.28. The van der Waals surface area contributed by atoms with E-state index in [0.29, 0.717) is 29.9 Å². The minimum atomic E-state index is -4.47. The van der Waals surface area contributed by atoms with Crippen molar-refractivity contribution in [1.29, 1.82) is 0 Å². The summed E-state index contributed by atoms with van der Waals surface area (Å²) in [6.45, 7) is 4.47. The summed E-state index contributed by atoms with van der Waals surface area (Å²) in [7, 11) is 0. The molecule has 1 aliphatic carbocycles. The largest absolute Gasteiger partial charge is 0.416 e. The number of hydrogen-bond donors (Lipinski definition) is 2. The van der Waals surface area contributed by atoms with Gasteiger partial charge >= 0.3 is 6.18 Å². The molecule has 2 saturated heterocycles. The second kappa shape index (κ2) is 11.6. The summed E-state index contributed by atoms with van der Waals surface area (Å²) in [6.07, 6.45) is 0.399. The molecular formula is C35H31F3N6O5. The van der Waals surface area contributed by atoms with E-state index in [1.165, 1.54) is 10.7 Å². The second-order valence-corrected chi connectivity index (χ2v) is 13.3. The van der Waals surface area contributed by atoms with Crippen LogP contribution in [0.2, 0.25) is 0 Å². The number of rotatable bonds is 6. The lowest BCUT2D eigenvalue weighted by molar-refractivity contribution is -0.138. The first-order chi connectivity index (χ1) is 23.2. The third-order valence-corrected chi connectivity index (χ3v) is 9.45. The van der Waals surface area contributed by atoms with Gasteiger partial charge in [-0.15, -0.1) is 0 Å². The maximum absolute atomic E-state index is 13.3. The molecule has 3 aliphatic heterocycles. The Morgan fingerprint density at radius 2 is 1.71 bits per heavy atom. The summed E-state index contributed by atoms with van der Waals surface area (Å²) in [5, 5.41) is 9.33. The molecular weight excluding hydrogens is 641 g/mol. The molecule has 3 fully saturated rings. The summed E-state index contributed by atoms with van der Waals surface area (Å²) in [4.78, 5) is 66.3. The van der Waals surface area contributed by atoms with Gasteiger partial charge in [0, 0.05) is 37.1 Å². The number of halogens is 3. The van der Waals surface area contributed by atoms with Gasteiger partial charge in [-0.3, -0.25) is 38.9 Å². The molecule has 7 rings (SSSR count). The molecule has 4 heterocycles. The van der Waals surface area contributed by atoms with E-state index < -0.39 is 52.9 Å². The van der Waals surface area contributed by atoms with Crippen molar-refractivity contribution in [3.8, 4) is 11.8 Å². The van der Waals surface area contributed by atoms with E-state index in [4.69, 9.17) is 0 Å². The van der Waals surface area contributed by atoms with Crippen molar-refractivity contribution in [2.45, 2.75) is 63.2 Å². The minimum absolute atomic E-state index is 0.00531. The van der Waals surface area contributed by atoms with Gasteiger partial charge in [0.15, 0.2) is 0 Å². The lowest BCUT2D eigenvalue weighted by atomic mass is 9.98. The zero-order chi connectivity index (χ0) is 34.8. The molecule has 252 valence electrons. The number of amides is 5. The Balaban J connectivity index is 0.976. The van der Waals surface area contributed by atoms with Crippen LogP contribution in [0.3, 0.4) is 0 Å². The first-order valence-electron chi connectivity index (χ1n) is 15.9. The van der Waals surface area contributed by atoms with E-state index in [2.05, 4.69) is 27.6 Å². The molecule has 5 amide bonds. The number of fused-ring (bicyclic) bond motifs is 1. The van der Waals surface area contributed by atoms with Crippen LogP contribution in [0.25, 0.3) is 0 Å². The van der Waals surface area contributed by atoms with Gasteiger partial charge in [-0.05, 0) is 81.0 Å². The standard InChI is InChI=1S/C35H31F3N6O5/c1-34(2,33(49)40-27-10-7-22(35(36,37)38)13-25(27)21-5-6-21)43-18-19(15-39-43)3-4-20-16-42(17-20)23-8-9-24-26(14-23)32(48)44(31(24)47)28-11-12-29(45)41-30(28)46/h7-10,13-15,18,20-21,28H,5-6,11-12,16-17H2,1-2H3,(H,40,49)(H,41,45,46). The Morgan fingerprint density at radius 1 is 0.980 bits per heavy atom. The van der Waals surface area contributed by atoms with Gasteiger partial charge in [-0.2, -0.15) is 18.3 Å². The van der Waals surface area contributed by atoms with Crippen molar-refractivity contribution in [2.24, 2.45) is 5.92 Å². The fraction of sp³-hybridized carbons (Fsp3) is 0.371. The highest BCUT2D eigenvalue weighted by Crippen LogP contribution is 2.45. The number of carbonyl (C=O) groups is 5. The van der Waals surface area contributed by atoms with E-state index >= 15 is 0 Å². The van der Waals surface area contributed by atoms with E-state index in [-0.39, 0.29) is 35.8 Å². The van der Waals surface area contributed by atoms with E-state index in [1.807, 2.05) is 4.90 Å². The van der Waals surface area contributed by atoms with Crippen LogP contribution in [0.4, 0.5) is 24.5 Å². The number of alkyl halides is 3. The molecule has 0 spiro atoms. The third-order valence-electron chi connectivity index (χ3n) is 9.45. The van der Waals surface area contributed by atoms with Crippen LogP contribution < -0.4 is 15.5 Å². The summed E-state index contributed by atoms with van der Waals surface area (Å²) in [6, 6.07) is 7.33. The number of hydrogen-bond acceptors (Lipinski definition) is 7. The Kier molecular flexibility index (Phi) is 7.61. The molecule has 0 bridgehead atoms. The summed E-state index contributed by atoms with van der Waals surface area (Å²) >= 11 is 0. The van der Waals surface area contributed by atoms with Gasteiger partial charge in [0.05, 0.1) is 34.4 Å².